The van der Waals surface area contributed by atoms with Crippen molar-refractivity contribution in [1.82, 2.24) is 0 Å². The lowest BCUT2D eigenvalue weighted by molar-refractivity contribution is -0.161. The van der Waals surface area contributed by atoms with Crippen LogP contribution in [-0.4, -0.2) is 95.9 Å². The maximum Gasteiger partial charge on any atom is 0.472 e. The molecular formula is C85H136O16P2. The Morgan fingerprint density at radius 2 is 0.485 bits per heavy atom. The van der Waals surface area contributed by atoms with E-state index in [9.17, 15) is 43.5 Å². The van der Waals surface area contributed by atoms with Crippen molar-refractivity contribution in [1.29, 1.82) is 0 Å². The summed E-state index contributed by atoms with van der Waals surface area (Å²) >= 11 is 0. The first-order chi connectivity index (χ1) is 50.2. The smallest absolute Gasteiger partial charge is 0.463 e. The number of hydrogen-bond acceptors (Lipinski definition) is 14. The van der Waals surface area contributed by atoms with Gasteiger partial charge in [-0.2, -0.15) is 0 Å². The predicted molar refractivity (Wildman–Crippen MR) is 426 cm³/mol. The Kier molecular flexibility index (Phi) is 71.9. The van der Waals surface area contributed by atoms with E-state index >= 15 is 0 Å². The van der Waals surface area contributed by atoms with Crippen LogP contribution in [0.1, 0.15) is 265 Å². The molecule has 0 fully saturated rings. The van der Waals surface area contributed by atoms with Crippen LogP contribution in [0.5, 0.6) is 0 Å². The van der Waals surface area contributed by atoms with Crippen LogP contribution >= 0.6 is 15.6 Å². The van der Waals surface area contributed by atoms with Gasteiger partial charge in [-0.25, -0.2) is 9.13 Å². The third kappa shape index (κ3) is 77.3. The van der Waals surface area contributed by atoms with E-state index in [-0.39, 0.29) is 19.3 Å². The average Bonchev–Trinajstić information content (AvgIpc) is 0.914. The van der Waals surface area contributed by atoms with Crippen molar-refractivity contribution in [2.45, 2.75) is 283 Å². The zero-order valence-electron chi connectivity index (χ0n) is 63.4. The number of rotatable bonds is 71. The largest absolute Gasteiger partial charge is 0.472 e. The van der Waals surface area contributed by atoms with Gasteiger partial charge in [0.25, 0.3) is 0 Å². The SMILES string of the molecule is CC/C=C\C/C=C\C/C=C\C/C=C\C/C=C\C/C=C\CCCCCCCCC(=O)OCC(O)COP(=O)(O)OCC(O)COP(=O)(O)OCC(COC(=O)CCCCCCCC/C=C\C/C=C\C/C=C\C/C=C\C/C=C\C/C=C\CC)OC(=O)CCCCCC/C=C\C/C=C\C/C=C\C/C=C\CC. The molecule has 0 radical (unpaired) electrons. The lowest BCUT2D eigenvalue weighted by Gasteiger charge is -2.21. The molecule has 4 N–H and O–H groups in total. The minimum Gasteiger partial charge on any atom is -0.463 e. The van der Waals surface area contributed by atoms with Gasteiger partial charge in [-0.15, -0.1) is 0 Å². The summed E-state index contributed by atoms with van der Waals surface area (Å²) in [6.07, 6.45) is 98.9. The van der Waals surface area contributed by atoms with Gasteiger partial charge >= 0.3 is 33.6 Å². The van der Waals surface area contributed by atoms with Gasteiger partial charge in [0.05, 0.1) is 26.4 Å². The fourth-order valence-corrected chi connectivity index (χ4v) is 11.1. The van der Waals surface area contributed by atoms with Gasteiger partial charge in [0, 0.05) is 19.3 Å². The molecule has 0 spiro atoms. The van der Waals surface area contributed by atoms with Crippen LogP contribution in [0.3, 0.4) is 0 Å². The Balaban J connectivity index is 4.72. The van der Waals surface area contributed by atoms with E-state index in [4.69, 9.17) is 32.3 Å². The maximum absolute atomic E-state index is 13.0. The van der Waals surface area contributed by atoms with E-state index in [1.165, 1.54) is 0 Å². The Morgan fingerprint density at radius 3 is 0.767 bits per heavy atom. The molecule has 16 nitrogen and oxygen atoms in total. The van der Waals surface area contributed by atoms with Crippen molar-refractivity contribution in [3.05, 3.63) is 194 Å². The summed E-state index contributed by atoms with van der Waals surface area (Å²) in [7, 11) is -9.83. The summed E-state index contributed by atoms with van der Waals surface area (Å²) in [5.41, 5.74) is 0. The van der Waals surface area contributed by atoms with Crippen LogP contribution in [0.25, 0.3) is 0 Å². The fourth-order valence-electron chi connectivity index (χ4n) is 9.51. The van der Waals surface area contributed by atoms with Gasteiger partial charge in [-0.1, -0.05) is 279 Å². The van der Waals surface area contributed by atoms with Crippen molar-refractivity contribution in [2.24, 2.45) is 0 Å². The topological polar surface area (TPSA) is 231 Å². The highest BCUT2D eigenvalue weighted by Gasteiger charge is 2.29. The zero-order chi connectivity index (χ0) is 75.2. The van der Waals surface area contributed by atoms with Crippen molar-refractivity contribution >= 4 is 33.6 Å². The molecule has 0 bridgehead atoms. The highest BCUT2D eigenvalue weighted by atomic mass is 31.2. The number of esters is 3. The minimum atomic E-state index is -4.95. The van der Waals surface area contributed by atoms with Crippen LogP contribution in [-0.2, 0) is 55.8 Å². The lowest BCUT2D eigenvalue weighted by Crippen LogP contribution is -2.30. The van der Waals surface area contributed by atoms with Crippen LogP contribution in [0.15, 0.2) is 194 Å². The Hall–Kier alpha value is -5.61. The summed E-state index contributed by atoms with van der Waals surface area (Å²) in [5, 5.41) is 20.6. The Morgan fingerprint density at radius 1 is 0.272 bits per heavy atom. The van der Waals surface area contributed by atoms with E-state index in [0.29, 0.717) is 19.3 Å². The van der Waals surface area contributed by atoms with E-state index in [1.54, 1.807) is 0 Å². The molecule has 582 valence electrons. The molecule has 0 aliphatic heterocycles. The number of phosphoric acid groups is 2. The van der Waals surface area contributed by atoms with Gasteiger partial charge in [0.1, 0.15) is 25.4 Å². The Labute approximate surface area is 623 Å². The first-order valence-corrected chi connectivity index (χ1v) is 41.7. The van der Waals surface area contributed by atoms with E-state index in [1.807, 2.05) is 0 Å². The fraction of sp³-hybridized carbons (Fsp3) is 0.588. The number of ether oxygens (including phenoxy) is 3. The second-order valence-corrected chi connectivity index (χ2v) is 27.9. The molecule has 103 heavy (non-hydrogen) atoms. The van der Waals surface area contributed by atoms with Gasteiger partial charge in [0.2, 0.25) is 0 Å². The molecule has 0 amide bonds. The number of carbonyl (C=O) groups excluding carboxylic acids is 3. The van der Waals surface area contributed by atoms with Crippen molar-refractivity contribution in [2.75, 3.05) is 39.6 Å². The molecule has 0 aromatic carbocycles. The molecule has 5 atom stereocenters. The summed E-state index contributed by atoms with van der Waals surface area (Å²) in [4.78, 5) is 58.7. The maximum atomic E-state index is 13.0. The third-order valence-electron chi connectivity index (χ3n) is 15.3. The quantitative estimate of drug-likeness (QED) is 0.0146. The van der Waals surface area contributed by atoms with Gasteiger partial charge in [-0.3, -0.25) is 32.5 Å². The first kappa shape index (κ1) is 97.4. The molecule has 0 saturated heterocycles. The molecule has 0 aliphatic rings. The molecule has 18 heteroatoms. The van der Waals surface area contributed by atoms with E-state index < -0.39 is 91.5 Å². The monoisotopic (exact) mass is 1470 g/mol. The van der Waals surface area contributed by atoms with Gasteiger partial charge in [-0.05, 0) is 161 Å². The number of aliphatic hydroxyl groups excluding tert-OH is 2. The molecule has 5 unspecified atom stereocenters. The summed E-state index contributed by atoms with van der Waals surface area (Å²) in [6.45, 7) is 2.24. The van der Waals surface area contributed by atoms with Crippen LogP contribution in [0, 0.1) is 0 Å². The van der Waals surface area contributed by atoms with Crippen molar-refractivity contribution < 1.29 is 75.8 Å². The van der Waals surface area contributed by atoms with Crippen molar-refractivity contribution in [3.8, 4) is 0 Å². The molecule has 0 aromatic rings. The molecule has 0 saturated carbocycles. The average molecular weight is 1480 g/mol. The molecule has 0 aromatic heterocycles. The normalized spacial score (nSPS) is 15.1. The van der Waals surface area contributed by atoms with Gasteiger partial charge < -0.3 is 34.2 Å². The number of phosphoric ester groups is 2. The lowest BCUT2D eigenvalue weighted by atomic mass is 10.1. The molecular weight excluding hydrogens is 1340 g/mol. The van der Waals surface area contributed by atoms with Gasteiger partial charge in [0.15, 0.2) is 6.10 Å². The Bertz CT molecular complexity index is 2650. The highest BCUT2D eigenvalue weighted by molar-refractivity contribution is 7.47. The number of aliphatic hydroxyl groups is 2. The van der Waals surface area contributed by atoms with E-state index in [2.05, 4.69) is 215 Å². The van der Waals surface area contributed by atoms with Crippen molar-refractivity contribution in [3.63, 3.8) is 0 Å². The van der Waals surface area contributed by atoms with E-state index in [0.717, 1.165) is 205 Å². The molecule has 0 heterocycles. The minimum absolute atomic E-state index is 0.0644. The summed E-state index contributed by atoms with van der Waals surface area (Å²) < 4.78 is 61.1. The predicted octanol–water partition coefficient (Wildman–Crippen LogP) is 22.8. The van der Waals surface area contributed by atoms with Crippen LogP contribution in [0.4, 0.5) is 0 Å². The third-order valence-corrected chi connectivity index (χ3v) is 17.2. The first-order valence-electron chi connectivity index (χ1n) is 38.7. The molecule has 0 aliphatic carbocycles. The highest BCUT2D eigenvalue weighted by Crippen LogP contribution is 2.45. The zero-order valence-corrected chi connectivity index (χ0v) is 65.2. The van der Waals surface area contributed by atoms with Crippen LogP contribution < -0.4 is 0 Å². The summed E-state index contributed by atoms with van der Waals surface area (Å²) in [6, 6.07) is 0. The number of hydrogen-bond donors (Lipinski definition) is 4. The number of unbranched alkanes of at least 4 members (excludes halogenated alkanes) is 16. The summed E-state index contributed by atoms with van der Waals surface area (Å²) in [5.74, 6) is -1.65. The standard InChI is InChI=1S/C85H136O16P2/c1-4-7-10-13-16-19-22-25-28-31-33-35-37-39-41-43-45-48-50-53-56-59-62-65-68-71-83(88)95-74-80(86)75-97-102(91,92)98-76-81(87)77-99-103(93,94)100-79-82(101-85(90)73-70-67-64-61-58-55-52-47-30-27-24-21-18-15-12-9-6-3)78-96-84(89)72-69-66-63-60-57-54-51-49-46-44-42-40-38-36-34-32-29-26-23-20-17-14-11-8-5-2/h7-12,16-21,25-30,33-36,39-42,45-46,48-49,52,55,80-82,86-87H,4-6,13-15,22-24,31-32,37-38,43-44,47,50-51,53-54,56-79H2,1-3H3,(H,91,92)(H,93,94)/b10-7-,11-8-,12-9-,19-16-,20-17-,21-18-,28-25-,29-26-,30-27-,35-33-,36-34-,41-39-,42-40-,48-45-,49-46-,55-52-. The second kappa shape index (κ2) is 76.1. The van der Waals surface area contributed by atoms with Crippen LogP contribution in [0.2, 0.25) is 0 Å². The number of allylic oxidation sites excluding steroid dienone is 32. The molecule has 0 rings (SSSR count). The number of carbonyl (C=O) groups is 3. The second-order valence-electron chi connectivity index (χ2n) is 25.0.